The van der Waals surface area contributed by atoms with Crippen molar-refractivity contribution in [2.24, 2.45) is 22.2 Å². The minimum Gasteiger partial charge on any atom is -0.438 e. The van der Waals surface area contributed by atoms with E-state index in [-0.39, 0.29) is 42.2 Å². The molecule has 0 aromatic heterocycles. The maximum absolute atomic E-state index is 13.4. The summed E-state index contributed by atoms with van der Waals surface area (Å²) < 4.78 is 11.2. The Kier molecular flexibility index (Phi) is 6.44. The van der Waals surface area contributed by atoms with Crippen LogP contribution in [0.25, 0.3) is 0 Å². The van der Waals surface area contributed by atoms with Gasteiger partial charge in [-0.05, 0) is 42.9 Å². The van der Waals surface area contributed by atoms with E-state index in [4.69, 9.17) is 9.47 Å². The maximum atomic E-state index is 13.4. The molecule has 0 radical (unpaired) electrons. The molecule has 0 unspecified atom stereocenters. The third-order valence-electron chi connectivity index (χ3n) is 7.71. The van der Waals surface area contributed by atoms with Gasteiger partial charge in [0.1, 0.15) is 6.07 Å². The van der Waals surface area contributed by atoms with Crippen molar-refractivity contribution in [1.29, 1.82) is 5.26 Å². The summed E-state index contributed by atoms with van der Waals surface area (Å²) in [4.78, 5) is 38.8. The van der Waals surface area contributed by atoms with Gasteiger partial charge in [0.05, 0.1) is 11.0 Å². The molecule has 3 aliphatic carbocycles. The molecule has 0 saturated heterocycles. The van der Waals surface area contributed by atoms with Crippen LogP contribution < -0.4 is 0 Å². The van der Waals surface area contributed by atoms with Crippen molar-refractivity contribution in [2.75, 3.05) is 13.4 Å². The summed E-state index contributed by atoms with van der Waals surface area (Å²) in [6, 6.07) is 3.03. The predicted molar refractivity (Wildman–Crippen MR) is 123 cm³/mol. The Hall–Kier alpha value is -2.04. The first-order valence-corrected chi connectivity index (χ1v) is 15.2. The van der Waals surface area contributed by atoms with E-state index in [0.29, 0.717) is 31.4 Å². The molecule has 0 aromatic carbocycles. The third-order valence-corrected chi connectivity index (χ3v) is 9.41. The van der Waals surface area contributed by atoms with Gasteiger partial charge in [-0.25, -0.2) is 0 Å². The summed E-state index contributed by atoms with van der Waals surface area (Å²) in [6.07, 6.45) is 5.11. The number of allylic oxidation sites excluding steroid dienone is 3. The highest BCUT2D eigenvalue weighted by Crippen LogP contribution is 2.64. The average molecular weight is 458 g/mol. The number of carbonyl (C=O) groups excluding carboxylic acids is 3. The van der Waals surface area contributed by atoms with Crippen LogP contribution in [0.5, 0.6) is 0 Å². The molecule has 0 N–H and O–H groups in total. The lowest BCUT2D eigenvalue weighted by atomic mass is 9.44. The predicted octanol–water partition coefficient (Wildman–Crippen LogP) is 4.59. The fraction of sp³-hybridized carbons (Fsp3) is 0.680. The molecule has 0 spiro atoms. The summed E-state index contributed by atoms with van der Waals surface area (Å²) in [7, 11) is -1.24. The maximum Gasteiger partial charge on any atom is 0.318 e. The Morgan fingerprint density at radius 3 is 2.53 bits per heavy atom. The number of nitrogens with zero attached hydrogens (tertiary/aromatic N) is 1. The van der Waals surface area contributed by atoms with Crippen molar-refractivity contribution >= 4 is 25.6 Å². The van der Waals surface area contributed by atoms with Crippen molar-refractivity contribution in [3.63, 3.8) is 0 Å². The Bertz CT molecular complexity index is 935. The van der Waals surface area contributed by atoms with Gasteiger partial charge in [-0.3, -0.25) is 14.4 Å². The quantitative estimate of drug-likeness (QED) is 0.251. The van der Waals surface area contributed by atoms with Gasteiger partial charge in [-0.1, -0.05) is 46.5 Å². The second-order valence-corrected chi connectivity index (χ2v) is 17.1. The van der Waals surface area contributed by atoms with Crippen molar-refractivity contribution in [2.45, 2.75) is 72.1 Å². The zero-order valence-electron chi connectivity index (χ0n) is 20.2. The van der Waals surface area contributed by atoms with E-state index in [9.17, 15) is 19.6 Å². The lowest BCUT2D eigenvalue weighted by molar-refractivity contribution is -0.170. The number of Topliss-reactive ketones (excluding diaryl/α,β-unsaturated/α-hetero) is 1. The van der Waals surface area contributed by atoms with E-state index in [1.807, 2.05) is 26.8 Å². The monoisotopic (exact) mass is 457 g/mol. The molecular formula is C25H35NO5Si. The number of ketones is 2. The molecular weight excluding hydrogens is 422 g/mol. The molecule has 32 heavy (non-hydrogen) atoms. The number of ether oxygens (including phenoxy) is 2. The topological polar surface area (TPSA) is 93.5 Å². The molecule has 0 bridgehead atoms. The second-order valence-electron chi connectivity index (χ2n) is 11.5. The molecule has 3 atom stereocenters. The number of hydrogen-bond acceptors (Lipinski definition) is 6. The van der Waals surface area contributed by atoms with Crippen molar-refractivity contribution in [1.82, 2.24) is 0 Å². The molecule has 1 saturated carbocycles. The SMILES string of the molecule is CC1(C)C(=O)C(C#N)=C[C@]2(C)C3=CC(=O)CC[C@]3(C(=O)OCOCC[Si](C)(C)C)CC[C@@H]12. The molecule has 3 rings (SSSR count). The zero-order chi connectivity index (χ0) is 23.9. The van der Waals surface area contributed by atoms with Crippen LogP contribution in [-0.2, 0) is 23.9 Å². The summed E-state index contributed by atoms with van der Waals surface area (Å²) in [6.45, 7) is 12.9. The third kappa shape index (κ3) is 4.15. The molecule has 6 nitrogen and oxygen atoms in total. The molecule has 7 heteroatoms. The minimum absolute atomic E-state index is 0.0294. The number of nitriles is 1. The Labute approximate surface area is 192 Å². The molecule has 0 amide bonds. The number of rotatable bonds is 6. The fourth-order valence-corrected chi connectivity index (χ4v) is 6.64. The number of esters is 1. The zero-order valence-corrected chi connectivity index (χ0v) is 21.2. The first kappa shape index (κ1) is 24.6. The highest BCUT2D eigenvalue weighted by Gasteiger charge is 2.62. The lowest BCUT2D eigenvalue weighted by Gasteiger charge is -2.57. The van der Waals surface area contributed by atoms with Crippen LogP contribution in [0.15, 0.2) is 23.3 Å². The highest BCUT2D eigenvalue weighted by atomic mass is 28.3. The van der Waals surface area contributed by atoms with Gasteiger partial charge in [0.15, 0.2) is 18.4 Å². The van der Waals surface area contributed by atoms with Crippen LogP contribution in [0.3, 0.4) is 0 Å². The summed E-state index contributed by atoms with van der Waals surface area (Å²) in [5.41, 5.74) is -1.63. The van der Waals surface area contributed by atoms with Crippen LogP contribution in [0.4, 0.5) is 0 Å². The van der Waals surface area contributed by atoms with Crippen LogP contribution in [-0.4, -0.2) is 39.0 Å². The van der Waals surface area contributed by atoms with Gasteiger partial charge in [0.2, 0.25) is 0 Å². The van der Waals surface area contributed by atoms with Gasteiger partial charge in [-0.2, -0.15) is 5.26 Å². The van der Waals surface area contributed by atoms with Gasteiger partial charge >= 0.3 is 5.97 Å². The Morgan fingerprint density at radius 2 is 1.91 bits per heavy atom. The lowest BCUT2D eigenvalue weighted by Crippen LogP contribution is -2.56. The van der Waals surface area contributed by atoms with Crippen LogP contribution >= 0.6 is 0 Å². The summed E-state index contributed by atoms with van der Waals surface area (Å²) in [5, 5.41) is 9.61. The van der Waals surface area contributed by atoms with Crippen molar-refractivity contribution in [3.8, 4) is 6.07 Å². The average Bonchev–Trinajstić information content (AvgIpc) is 2.70. The molecule has 0 aliphatic heterocycles. The molecule has 174 valence electrons. The first-order chi connectivity index (χ1) is 14.8. The van der Waals surface area contributed by atoms with Gasteiger partial charge in [-0.15, -0.1) is 0 Å². The largest absolute Gasteiger partial charge is 0.438 e. The number of hydrogen-bond donors (Lipinski definition) is 0. The van der Waals surface area contributed by atoms with Crippen LogP contribution in [0.1, 0.15) is 46.5 Å². The first-order valence-electron chi connectivity index (χ1n) is 11.5. The normalized spacial score (nSPS) is 31.6. The van der Waals surface area contributed by atoms with Crippen LogP contribution in [0, 0.1) is 33.5 Å². The van der Waals surface area contributed by atoms with Gasteiger partial charge in [0.25, 0.3) is 0 Å². The van der Waals surface area contributed by atoms with Crippen molar-refractivity contribution < 1.29 is 23.9 Å². The van der Waals surface area contributed by atoms with Gasteiger partial charge < -0.3 is 9.47 Å². The van der Waals surface area contributed by atoms with E-state index >= 15 is 0 Å². The van der Waals surface area contributed by atoms with E-state index in [1.165, 1.54) is 0 Å². The molecule has 3 aliphatic rings. The number of fused-ring (bicyclic) bond motifs is 3. The minimum atomic E-state index is -1.24. The highest BCUT2D eigenvalue weighted by molar-refractivity contribution is 6.76. The molecule has 1 fully saturated rings. The molecule has 0 aromatic rings. The van der Waals surface area contributed by atoms with E-state index in [1.54, 1.807) is 12.2 Å². The number of carbonyl (C=O) groups is 3. The van der Waals surface area contributed by atoms with E-state index < -0.39 is 24.3 Å². The Morgan fingerprint density at radius 1 is 1.22 bits per heavy atom. The van der Waals surface area contributed by atoms with Gasteiger partial charge in [0, 0.05) is 31.9 Å². The van der Waals surface area contributed by atoms with E-state index in [0.717, 1.165) is 6.04 Å². The summed E-state index contributed by atoms with van der Waals surface area (Å²) in [5.74, 6) is -0.675. The standard InChI is InChI=1S/C25H35NO5Si/c1-23(2)19-8-10-25(22(29)31-16-30-11-12-32(4,5)6)9-7-18(27)13-20(25)24(19,3)14-17(15-26)21(23)28/h13-14,19H,7-12,16H2,1-6H3/t19-,24-,25-/m0/s1. The Balaban J connectivity index is 1.91. The fourth-order valence-electron chi connectivity index (χ4n) is 5.88. The molecule has 0 heterocycles. The van der Waals surface area contributed by atoms with E-state index in [2.05, 4.69) is 19.6 Å². The smallest absolute Gasteiger partial charge is 0.318 e. The summed E-state index contributed by atoms with van der Waals surface area (Å²) >= 11 is 0. The second kappa shape index (κ2) is 8.38. The van der Waals surface area contributed by atoms with Crippen LogP contribution in [0.2, 0.25) is 25.7 Å². The van der Waals surface area contributed by atoms with Crippen molar-refractivity contribution in [3.05, 3.63) is 23.3 Å².